The maximum atomic E-state index is 13.4. The minimum absolute atomic E-state index is 0.0993. The summed E-state index contributed by atoms with van der Waals surface area (Å²) >= 11 is 5.64. The number of carboxylic acids is 1. The summed E-state index contributed by atoms with van der Waals surface area (Å²) in [7, 11) is -0.690. The molecule has 2 rings (SSSR count). The lowest BCUT2D eigenvalue weighted by Gasteiger charge is -2.20. The van der Waals surface area contributed by atoms with Crippen molar-refractivity contribution in [1.82, 2.24) is 15.4 Å². The Hall–Kier alpha value is -3.95. The van der Waals surface area contributed by atoms with Crippen LogP contribution in [0, 0.1) is 0 Å². The number of benzene rings is 2. The van der Waals surface area contributed by atoms with Crippen molar-refractivity contribution in [2.75, 3.05) is 38.0 Å². The van der Waals surface area contributed by atoms with E-state index < -0.39 is 58.6 Å². The predicted molar refractivity (Wildman–Crippen MR) is 160 cm³/mol. The number of fused-ring (bicyclic) bond motifs is 1. The smallest absolute Gasteiger partial charge is 0.303 e. The van der Waals surface area contributed by atoms with Gasteiger partial charge in [0.25, 0.3) is 0 Å². The number of rotatable bonds is 17. The van der Waals surface area contributed by atoms with E-state index in [2.05, 4.69) is 20.3 Å². The number of halogens is 1. The van der Waals surface area contributed by atoms with Crippen LogP contribution in [-0.2, 0) is 29.2 Å². The van der Waals surface area contributed by atoms with Gasteiger partial charge in [-0.05, 0) is 31.4 Å². The second-order valence-corrected chi connectivity index (χ2v) is 11.5. The molecule has 2 unspecified atom stereocenters. The lowest BCUT2D eigenvalue weighted by atomic mass is 10.1. The van der Waals surface area contributed by atoms with Crippen LogP contribution >= 0.6 is 11.6 Å². The SMILES string of the molecule is CN(C)c1cccc2c(S(=O)(=O)NC(CCC(=O)O)C(=O)NCC(=O)NC(CCCN=C(N)N)C(=O)CCl)cccc12. The van der Waals surface area contributed by atoms with E-state index in [4.69, 9.17) is 28.2 Å². The highest BCUT2D eigenvalue weighted by Gasteiger charge is 2.28. The standard InChI is InChI=1S/C26H36ClN7O7S/c1-34(2)20-9-3-7-17-16(20)6-4-10-22(17)42(40,41)33-19(11-12-24(37)38)25(39)31-15-23(36)32-18(21(35)14-27)8-5-13-30-26(28)29/h3-4,6-7,9-10,18-19,33H,5,8,11-15H2,1-2H3,(H,31,39)(H,32,36)(H,37,38)(H4,28,29,30). The number of nitrogens with zero attached hydrogens (tertiary/aromatic N) is 2. The van der Waals surface area contributed by atoms with Crippen molar-refractivity contribution in [2.45, 2.75) is 42.7 Å². The molecule has 0 saturated heterocycles. The van der Waals surface area contributed by atoms with Crippen LogP contribution in [0.5, 0.6) is 0 Å². The summed E-state index contributed by atoms with van der Waals surface area (Å²) in [5, 5.41) is 15.0. The minimum Gasteiger partial charge on any atom is -0.481 e. The van der Waals surface area contributed by atoms with E-state index >= 15 is 0 Å². The molecule has 0 fully saturated rings. The third kappa shape index (κ3) is 10.2. The maximum absolute atomic E-state index is 13.4. The molecule has 0 aliphatic carbocycles. The fraction of sp³-hybridized carbons (Fsp3) is 0.423. The van der Waals surface area contributed by atoms with Gasteiger partial charge in [-0.2, -0.15) is 4.72 Å². The summed E-state index contributed by atoms with van der Waals surface area (Å²) in [4.78, 5) is 54.4. The van der Waals surface area contributed by atoms with Crippen LogP contribution in [0.15, 0.2) is 46.3 Å². The van der Waals surface area contributed by atoms with Crippen molar-refractivity contribution in [3.8, 4) is 0 Å². The first-order chi connectivity index (χ1) is 19.8. The van der Waals surface area contributed by atoms with Crippen LogP contribution in [0.4, 0.5) is 5.69 Å². The second-order valence-electron chi connectivity index (χ2n) is 9.52. The van der Waals surface area contributed by atoms with Gasteiger partial charge in [0.15, 0.2) is 11.7 Å². The Labute approximate surface area is 248 Å². The Morgan fingerprint density at radius 1 is 1.02 bits per heavy atom. The highest BCUT2D eigenvalue weighted by atomic mass is 35.5. The molecule has 14 nitrogen and oxygen atoms in total. The van der Waals surface area contributed by atoms with E-state index in [0.29, 0.717) is 17.2 Å². The number of amides is 2. The normalized spacial score (nSPS) is 12.6. The van der Waals surface area contributed by atoms with Gasteiger partial charge in [0.2, 0.25) is 21.8 Å². The molecule has 8 N–H and O–H groups in total. The van der Waals surface area contributed by atoms with Crippen molar-refractivity contribution >= 4 is 67.6 Å². The van der Waals surface area contributed by atoms with Gasteiger partial charge in [-0.3, -0.25) is 24.2 Å². The number of carboxylic acid groups (broad SMARTS) is 1. The Morgan fingerprint density at radius 2 is 1.69 bits per heavy atom. The van der Waals surface area contributed by atoms with Gasteiger partial charge in [-0.1, -0.05) is 24.3 Å². The van der Waals surface area contributed by atoms with E-state index in [-0.39, 0.29) is 36.1 Å². The minimum atomic E-state index is -4.32. The zero-order valence-electron chi connectivity index (χ0n) is 23.3. The first-order valence-electron chi connectivity index (χ1n) is 12.9. The number of carbonyl (C=O) groups is 4. The van der Waals surface area contributed by atoms with E-state index in [1.807, 2.05) is 25.1 Å². The highest BCUT2D eigenvalue weighted by Crippen LogP contribution is 2.30. The second kappa shape index (κ2) is 15.9. The van der Waals surface area contributed by atoms with Gasteiger partial charge >= 0.3 is 5.97 Å². The number of carbonyl (C=O) groups excluding carboxylic acids is 3. The zero-order chi connectivity index (χ0) is 31.4. The third-order valence-corrected chi connectivity index (χ3v) is 7.91. The number of Topliss-reactive ketones (excluding diaryl/α,β-unsaturated/α-hetero) is 1. The number of alkyl halides is 1. The molecule has 42 heavy (non-hydrogen) atoms. The average Bonchev–Trinajstić information content (AvgIpc) is 2.93. The van der Waals surface area contributed by atoms with Crippen LogP contribution in [0.1, 0.15) is 25.7 Å². The molecule has 0 aliphatic heterocycles. The van der Waals surface area contributed by atoms with Crippen molar-refractivity contribution in [3.05, 3.63) is 36.4 Å². The van der Waals surface area contributed by atoms with E-state index in [1.165, 1.54) is 6.07 Å². The van der Waals surface area contributed by atoms with Crippen LogP contribution in [-0.4, -0.2) is 88.2 Å². The van der Waals surface area contributed by atoms with Gasteiger partial charge in [0, 0.05) is 43.5 Å². The molecule has 0 aliphatic rings. The number of anilines is 1. The summed E-state index contributed by atoms with van der Waals surface area (Å²) in [6.45, 7) is -0.385. The Morgan fingerprint density at radius 3 is 2.31 bits per heavy atom. The monoisotopic (exact) mass is 625 g/mol. The molecule has 0 heterocycles. The molecular weight excluding hydrogens is 590 g/mol. The van der Waals surface area contributed by atoms with Crippen molar-refractivity contribution in [2.24, 2.45) is 16.5 Å². The molecule has 16 heteroatoms. The van der Waals surface area contributed by atoms with Crippen molar-refractivity contribution in [1.29, 1.82) is 0 Å². The zero-order valence-corrected chi connectivity index (χ0v) is 24.9. The van der Waals surface area contributed by atoms with Gasteiger partial charge in [-0.15, -0.1) is 11.6 Å². The van der Waals surface area contributed by atoms with Gasteiger partial charge < -0.3 is 32.1 Å². The Balaban J connectivity index is 2.18. The molecule has 0 bridgehead atoms. The molecule has 2 atom stereocenters. The molecule has 0 aromatic heterocycles. The number of aliphatic carboxylic acids is 1. The third-order valence-electron chi connectivity index (χ3n) is 6.12. The van der Waals surface area contributed by atoms with Gasteiger partial charge in [0.1, 0.15) is 6.04 Å². The van der Waals surface area contributed by atoms with E-state index in [1.54, 1.807) is 24.3 Å². The average molecular weight is 626 g/mol. The van der Waals surface area contributed by atoms with E-state index in [9.17, 15) is 27.6 Å². The number of hydrogen-bond acceptors (Lipinski definition) is 8. The topological polar surface area (TPSA) is 226 Å². The Kier molecular flexibility index (Phi) is 13.0. The van der Waals surface area contributed by atoms with Crippen molar-refractivity contribution in [3.63, 3.8) is 0 Å². The van der Waals surface area contributed by atoms with Gasteiger partial charge in [-0.25, -0.2) is 8.42 Å². The van der Waals surface area contributed by atoms with Crippen LogP contribution in [0.25, 0.3) is 10.8 Å². The summed E-state index contributed by atoms with van der Waals surface area (Å²) in [5.74, 6) is -3.83. The molecule has 230 valence electrons. The maximum Gasteiger partial charge on any atom is 0.303 e. The number of aliphatic imine (C=N–C) groups is 1. The summed E-state index contributed by atoms with van der Waals surface area (Å²) in [6, 6.07) is 7.40. The summed E-state index contributed by atoms with van der Waals surface area (Å²) in [5.41, 5.74) is 11.3. The van der Waals surface area contributed by atoms with Crippen LogP contribution < -0.4 is 31.7 Å². The number of guanidine groups is 1. The number of ketones is 1. The van der Waals surface area contributed by atoms with Crippen LogP contribution in [0.3, 0.4) is 0 Å². The molecule has 2 aromatic carbocycles. The number of hydrogen-bond donors (Lipinski definition) is 6. The Bertz CT molecular complexity index is 1430. The fourth-order valence-corrected chi connectivity index (χ4v) is 5.74. The largest absolute Gasteiger partial charge is 0.481 e. The fourth-order valence-electron chi connectivity index (χ4n) is 4.10. The number of nitrogens with one attached hydrogen (secondary N) is 3. The molecule has 2 amide bonds. The predicted octanol–water partition coefficient (Wildman–Crippen LogP) is -0.120. The molecule has 2 aromatic rings. The summed E-state index contributed by atoms with van der Waals surface area (Å²) < 4.78 is 29.2. The lowest BCUT2D eigenvalue weighted by molar-refractivity contribution is -0.137. The van der Waals surface area contributed by atoms with Gasteiger partial charge in [0.05, 0.1) is 23.4 Å². The summed E-state index contributed by atoms with van der Waals surface area (Å²) in [6.07, 6.45) is -0.353. The lowest BCUT2D eigenvalue weighted by Crippen LogP contribution is -2.51. The quantitative estimate of drug-likeness (QED) is 0.0591. The number of nitrogens with two attached hydrogens (primary N) is 2. The van der Waals surface area contributed by atoms with E-state index in [0.717, 1.165) is 5.69 Å². The number of sulfonamides is 1. The molecule has 0 spiro atoms. The molecule has 0 saturated carbocycles. The first-order valence-corrected chi connectivity index (χ1v) is 14.9. The van der Waals surface area contributed by atoms with Crippen LogP contribution in [0.2, 0.25) is 0 Å². The van der Waals surface area contributed by atoms with Crippen molar-refractivity contribution < 1.29 is 32.7 Å². The molecular formula is C26H36ClN7O7S. The first kappa shape index (κ1) is 34.3. The molecule has 0 radical (unpaired) electrons. The highest BCUT2D eigenvalue weighted by molar-refractivity contribution is 7.89.